The minimum Gasteiger partial charge on any atom is -0.396 e. The van der Waals surface area contributed by atoms with Gasteiger partial charge in [0, 0.05) is 22.5 Å². The van der Waals surface area contributed by atoms with Crippen molar-refractivity contribution in [3.8, 4) is 0 Å². The number of rotatable bonds is 5. The van der Waals surface area contributed by atoms with Crippen molar-refractivity contribution in [2.75, 3.05) is 6.61 Å². The Kier molecular flexibility index (Phi) is 5.10. The molecule has 1 rings (SSSR count). The van der Waals surface area contributed by atoms with Crippen LogP contribution in [0.5, 0.6) is 0 Å². The van der Waals surface area contributed by atoms with E-state index in [1.807, 2.05) is 13.8 Å². The van der Waals surface area contributed by atoms with E-state index >= 15 is 0 Å². The average molecular weight is 304 g/mol. The van der Waals surface area contributed by atoms with Gasteiger partial charge >= 0.3 is 0 Å². The van der Waals surface area contributed by atoms with E-state index in [9.17, 15) is 4.39 Å². The van der Waals surface area contributed by atoms with Crippen molar-refractivity contribution in [3.63, 3.8) is 0 Å². The summed E-state index contributed by atoms with van der Waals surface area (Å²) in [5.74, 6) is -0.278. The van der Waals surface area contributed by atoms with Crippen LogP contribution in [-0.4, -0.2) is 17.8 Å². The summed E-state index contributed by atoms with van der Waals surface area (Å²) in [6.45, 7) is 3.88. The number of hydrogen-bond donors (Lipinski definition) is 2. The fourth-order valence-corrected chi connectivity index (χ4v) is 2.49. The van der Waals surface area contributed by atoms with Crippen molar-refractivity contribution in [1.82, 2.24) is 0 Å². The zero-order chi connectivity index (χ0) is 13.1. The van der Waals surface area contributed by atoms with Gasteiger partial charge in [0.1, 0.15) is 5.82 Å². The molecule has 0 saturated carbocycles. The summed E-state index contributed by atoms with van der Waals surface area (Å²) in [6, 6.07) is 4.80. The van der Waals surface area contributed by atoms with Crippen molar-refractivity contribution in [3.05, 3.63) is 34.1 Å². The third-order valence-electron chi connectivity index (χ3n) is 3.44. The number of benzene rings is 1. The van der Waals surface area contributed by atoms with Gasteiger partial charge in [0.25, 0.3) is 0 Å². The molecule has 0 aliphatic rings. The summed E-state index contributed by atoms with van der Waals surface area (Å²) >= 11 is 3.24. The summed E-state index contributed by atoms with van der Waals surface area (Å²) in [6.07, 6.45) is 1.20. The Labute approximate surface area is 110 Å². The molecule has 1 aromatic rings. The summed E-state index contributed by atoms with van der Waals surface area (Å²) in [4.78, 5) is 0. The molecule has 0 fully saturated rings. The third-order valence-corrected chi connectivity index (χ3v) is 3.93. The third kappa shape index (κ3) is 3.06. The fraction of sp³-hybridized carbons (Fsp3) is 0.538. The van der Waals surface area contributed by atoms with Crippen molar-refractivity contribution in [2.24, 2.45) is 5.73 Å². The lowest BCUT2D eigenvalue weighted by atomic mass is 9.72. The molecule has 2 nitrogen and oxygen atoms in total. The second-order valence-electron chi connectivity index (χ2n) is 4.53. The van der Waals surface area contributed by atoms with Gasteiger partial charge in [-0.05, 0) is 30.5 Å². The Balaban J connectivity index is 3.21. The minimum atomic E-state index is -0.533. The van der Waals surface area contributed by atoms with Crippen LogP contribution in [0.2, 0.25) is 0 Å². The average Bonchev–Trinajstić information content (AvgIpc) is 2.27. The highest BCUT2D eigenvalue weighted by molar-refractivity contribution is 9.10. The van der Waals surface area contributed by atoms with Crippen molar-refractivity contribution < 1.29 is 9.50 Å². The molecule has 4 heteroatoms. The Hall–Kier alpha value is -0.450. The first kappa shape index (κ1) is 14.6. The van der Waals surface area contributed by atoms with Crippen LogP contribution in [0.25, 0.3) is 0 Å². The number of halogens is 2. The maximum absolute atomic E-state index is 14.0. The van der Waals surface area contributed by atoms with Crippen LogP contribution in [0.1, 0.15) is 32.3 Å². The first-order chi connectivity index (χ1) is 7.95. The monoisotopic (exact) mass is 303 g/mol. The van der Waals surface area contributed by atoms with Crippen LogP contribution in [-0.2, 0) is 5.41 Å². The lowest BCUT2D eigenvalue weighted by Crippen LogP contribution is -2.44. The summed E-state index contributed by atoms with van der Waals surface area (Å²) in [5, 5.41) is 9.17. The first-order valence-corrected chi connectivity index (χ1v) is 6.57. The van der Waals surface area contributed by atoms with Crippen molar-refractivity contribution in [2.45, 2.75) is 38.1 Å². The van der Waals surface area contributed by atoms with Gasteiger partial charge in [-0.1, -0.05) is 35.8 Å². The van der Waals surface area contributed by atoms with E-state index in [1.165, 1.54) is 6.07 Å². The molecular weight excluding hydrogens is 285 g/mol. The van der Waals surface area contributed by atoms with Crippen molar-refractivity contribution >= 4 is 15.9 Å². The lowest BCUT2D eigenvalue weighted by Gasteiger charge is -2.35. The highest BCUT2D eigenvalue weighted by atomic mass is 79.9. The van der Waals surface area contributed by atoms with Crippen LogP contribution in [0.3, 0.4) is 0 Å². The molecule has 96 valence electrons. The molecule has 17 heavy (non-hydrogen) atoms. The molecule has 0 saturated heterocycles. The normalized spacial score (nSPS) is 16.6. The molecule has 2 atom stereocenters. The number of hydrogen-bond acceptors (Lipinski definition) is 2. The maximum atomic E-state index is 14.0. The van der Waals surface area contributed by atoms with Crippen LogP contribution in [0.4, 0.5) is 4.39 Å². The van der Waals surface area contributed by atoms with Gasteiger partial charge in [-0.25, -0.2) is 4.39 Å². The molecule has 0 heterocycles. The fourth-order valence-electron chi connectivity index (χ4n) is 2.16. The van der Waals surface area contributed by atoms with Gasteiger partial charge in [-0.3, -0.25) is 0 Å². The predicted octanol–water partition coefficient (Wildman–Crippen LogP) is 2.97. The number of nitrogens with two attached hydrogens (primary N) is 1. The predicted molar refractivity (Wildman–Crippen MR) is 71.4 cm³/mol. The summed E-state index contributed by atoms with van der Waals surface area (Å²) in [7, 11) is 0. The van der Waals surface area contributed by atoms with E-state index in [-0.39, 0.29) is 18.5 Å². The van der Waals surface area contributed by atoms with E-state index in [1.54, 1.807) is 12.1 Å². The second kappa shape index (κ2) is 5.94. The van der Waals surface area contributed by atoms with Gasteiger partial charge in [-0.2, -0.15) is 0 Å². The van der Waals surface area contributed by atoms with Crippen LogP contribution >= 0.6 is 15.9 Å². The quantitative estimate of drug-likeness (QED) is 0.878. The highest BCUT2D eigenvalue weighted by Gasteiger charge is 2.34. The molecule has 1 aromatic carbocycles. The van der Waals surface area contributed by atoms with Gasteiger partial charge in [-0.15, -0.1) is 0 Å². The van der Waals surface area contributed by atoms with E-state index in [2.05, 4.69) is 15.9 Å². The molecule has 0 spiro atoms. The SMILES string of the molecule is CCC(N)C(C)(CCO)c1ccc(Br)cc1F. The van der Waals surface area contributed by atoms with Gasteiger partial charge < -0.3 is 10.8 Å². The Morgan fingerprint density at radius 3 is 2.65 bits per heavy atom. The van der Waals surface area contributed by atoms with E-state index in [0.29, 0.717) is 16.5 Å². The van der Waals surface area contributed by atoms with Gasteiger partial charge in [0.05, 0.1) is 0 Å². The van der Waals surface area contributed by atoms with Gasteiger partial charge in [0.2, 0.25) is 0 Å². The van der Waals surface area contributed by atoms with E-state index in [4.69, 9.17) is 10.8 Å². The summed E-state index contributed by atoms with van der Waals surface area (Å²) < 4.78 is 14.7. The smallest absolute Gasteiger partial charge is 0.128 e. The van der Waals surface area contributed by atoms with Crippen molar-refractivity contribution in [1.29, 1.82) is 0 Å². The summed E-state index contributed by atoms with van der Waals surface area (Å²) in [5.41, 5.74) is 6.13. The molecule has 0 aliphatic heterocycles. The van der Waals surface area contributed by atoms with Crippen LogP contribution in [0.15, 0.2) is 22.7 Å². The molecule has 0 aromatic heterocycles. The van der Waals surface area contributed by atoms with Crippen LogP contribution < -0.4 is 5.73 Å². The van der Waals surface area contributed by atoms with E-state index < -0.39 is 5.41 Å². The second-order valence-corrected chi connectivity index (χ2v) is 5.45. The number of aliphatic hydroxyl groups excluding tert-OH is 1. The first-order valence-electron chi connectivity index (χ1n) is 5.77. The minimum absolute atomic E-state index is 0.000294. The van der Waals surface area contributed by atoms with Gasteiger partial charge in [0.15, 0.2) is 0 Å². The lowest BCUT2D eigenvalue weighted by molar-refractivity contribution is 0.220. The molecule has 0 amide bonds. The zero-order valence-electron chi connectivity index (χ0n) is 10.2. The molecule has 3 N–H and O–H groups in total. The largest absolute Gasteiger partial charge is 0.396 e. The Bertz CT molecular complexity index is 386. The molecule has 0 bridgehead atoms. The Morgan fingerprint density at radius 2 is 2.18 bits per heavy atom. The maximum Gasteiger partial charge on any atom is 0.128 e. The highest BCUT2D eigenvalue weighted by Crippen LogP contribution is 2.34. The number of aliphatic hydroxyl groups is 1. The van der Waals surface area contributed by atoms with E-state index in [0.717, 1.165) is 6.42 Å². The standard InChI is InChI=1S/C13H19BrFNO/c1-3-12(16)13(2,6-7-17)10-5-4-9(14)8-11(10)15/h4-5,8,12,17H,3,6-7,16H2,1-2H3. The molecular formula is C13H19BrFNO. The molecule has 0 aliphatic carbocycles. The topological polar surface area (TPSA) is 46.2 Å². The molecule has 2 unspecified atom stereocenters. The zero-order valence-corrected chi connectivity index (χ0v) is 11.8. The Morgan fingerprint density at radius 1 is 1.53 bits per heavy atom. The van der Waals surface area contributed by atoms with Crippen LogP contribution in [0, 0.1) is 5.82 Å². The molecule has 0 radical (unpaired) electrons.